The average molecular weight is 299 g/mol. The minimum atomic E-state index is 0.236. The molecule has 1 aliphatic heterocycles. The second-order valence-electron chi connectivity index (χ2n) is 5.33. The van der Waals surface area contributed by atoms with Gasteiger partial charge in [-0.25, -0.2) is 0 Å². The van der Waals surface area contributed by atoms with E-state index in [9.17, 15) is 0 Å². The van der Waals surface area contributed by atoms with E-state index in [1.807, 2.05) is 18.2 Å². The van der Waals surface area contributed by atoms with Crippen LogP contribution in [-0.4, -0.2) is 27.9 Å². The molecule has 4 nitrogen and oxygen atoms in total. The van der Waals surface area contributed by atoms with Gasteiger partial charge in [-0.3, -0.25) is 0 Å². The Labute approximate surface area is 131 Å². The first-order chi connectivity index (χ1) is 10.8. The van der Waals surface area contributed by atoms with Crippen molar-refractivity contribution in [2.24, 2.45) is 0 Å². The first kappa shape index (κ1) is 14.7. The predicted molar refractivity (Wildman–Crippen MR) is 86.1 cm³/mol. The van der Waals surface area contributed by atoms with Crippen molar-refractivity contribution in [2.75, 3.05) is 27.9 Å². The van der Waals surface area contributed by atoms with Crippen molar-refractivity contribution in [3.05, 3.63) is 53.1 Å². The van der Waals surface area contributed by atoms with Crippen LogP contribution in [0, 0.1) is 0 Å². The maximum atomic E-state index is 5.65. The van der Waals surface area contributed by atoms with Crippen LogP contribution < -0.4 is 19.5 Å². The number of nitrogens with one attached hydrogen (secondary N) is 1. The van der Waals surface area contributed by atoms with Gasteiger partial charge in [0, 0.05) is 24.6 Å². The van der Waals surface area contributed by atoms with Crippen molar-refractivity contribution >= 4 is 0 Å². The Morgan fingerprint density at radius 3 is 2.32 bits per heavy atom. The van der Waals surface area contributed by atoms with Gasteiger partial charge in [-0.05, 0) is 29.3 Å². The minimum absolute atomic E-state index is 0.236. The number of benzene rings is 2. The van der Waals surface area contributed by atoms with Crippen molar-refractivity contribution in [2.45, 2.75) is 12.5 Å². The third-order valence-electron chi connectivity index (χ3n) is 4.20. The molecule has 116 valence electrons. The number of hydrogen-bond donors (Lipinski definition) is 1. The molecule has 1 heterocycles. The van der Waals surface area contributed by atoms with Gasteiger partial charge in [0.05, 0.1) is 21.3 Å². The molecule has 1 unspecified atom stereocenters. The summed E-state index contributed by atoms with van der Waals surface area (Å²) in [5.41, 5.74) is 3.70. The summed E-state index contributed by atoms with van der Waals surface area (Å²) in [5.74, 6) is 2.72. The topological polar surface area (TPSA) is 39.7 Å². The van der Waals surface area contributed by atoms with Gasteiger partial charge < -0.3 is 19.5 Å². The maximum Gasteiger partial charge on any atom is 0.164 e. The summed E-state index contributed by atoms with van der Waals surface area (Å²) >= 11 is 0. The van der Waals surface area contributed by atoms with Crippen LogP contribution in [0.3, 0.4) is 0 Å². The molecule has 22 heavy (non-hydrogen) atoms. The molecule has 0 aromatic heterocycles. The van der Waals surface area contributed by atoms with E-state index in [1.165, 1.54) is 16.7 Å². The second kappa shape index (κ2) is 6.28. The SMILES string of the molecule is COc1ccc(C2CNCc3ccc(OC)c(OC)c32)cc1. The van der Waals surface area contributed by atoms with Gasteiger partial charge in [-0.2, -0.15) is 0 Å². The summed E-state index contributed by atoms with van der Waals surface area (Å²) < 4.78 is 16.4. The molecule has 2 aromatic rings. The third-order valence-corrected chi connectivity index (χ3v) is 4.20. The van der Waals surface area contributed by atoms with Gasteiger partial charge in [0.15, 0.2) is 11.5 Å². The van der Waals surface area contributed by atoms with Gasteiger partial charge >= 0.3 is 0 Å². The van der Waals surface area contributed by atoms with Crippen LogP contribution in [0.15, 0.2) is 36.4 Å². The zero-order valence-corrected chi connectivity index (χ0v) is 13.2. The molecule has 1 atom stereocenters. The highest BCUT2D eigenvalue weighted by molar-refractivity contribution is 5.56. The highest BCUT2D eigenvalue weighted by Crippen LogP contribution is 2.42. The van der Waals surface area contributed by atoms with Crippen LogP contribution in [0.25, 0.3) is 0 Å². The smallest absolute Gasteiger partial charge is 0.164 e. The molecule has 1 aliphatic rings. The maximum absolute atomic E-state index is 5.65. The van der Waals surface area contributed by atoms with Gasteiger partial charge in [0.1, 0.15) is 5.75 Å². The Morgan fingerprint density at radius 2 is 1.68 bits per heavy atom. The monoisotopic (exact) mass is 299 g/mol. The van der Waals surface area contributed by atoms with Crippen molar-refractivity contribution in [3.8, 4) is 17.2 Å². The Kier molecular flexibility index (Phi) is 4.20. The van der Waals surface area contributed by atoms with Crippen LogP contribution >= 0.6 is 0 Å². The number of fused-ring (bicyclic) bond motifs is 1. The van der Waals surface area contributed by atoms with Crippen LogP contribution in [0.2, 0.25) is 0 Å². The van der Waals surface area contributed by atoms with E-state index in [0.29, 0.717) is 0 Å². The number of ether oxygens (including phenoxy) is 3. The molecule has 0 aliphatic carbocycles. The van der Waals surface area contributed by atoms with E-state index in [1.54, 1.807) is 21.3 Å². The lowest BCUT2D eigenvalue weighted by atomic mass is 9.84. The molecule has 4 heteroatoms. The summed E-state index contributed by atoms with van der Waals surface area (Å²) in [6.45, 7) is 1.73. The minimum Gasteiger partial charge on any atom is -0.497 e. The summed E-state index contributed by atoms with van der Waals surface area (Å²) in [5, 5.41) is 3.48. The number of hydrogen-bond acceptors (Lipinski definition) is 4. The second-order valence-corrected chi connectivity index (χ2v) is 5.33. The van der Waals surface area contributed by atoms with E-state index in [2.05, 4.69) is 23.5 Å². The van der Waals surface area contributed by atoms with E-state index >= 15 is 0 Å². The molecule has 1 N–H and O–H groups in total. The Bertz CT molecular complexity index is 652. The van der Waals surface area contributed by atoms with Gasteiger partial charge in [-0.15, -0.1) is 0 Å². The fourth-order valence-electron chi connectivity index (χ4n) is 3.10. The lowest BCUT2D eigenvalue weighted by molar-refractivity contribution is 0.347. The van der Waals surface area contributed by atoms with Gasteiger partial charge in [0.2, 0.25) is 0 Å². The fourth-order valence-corrected chi connectivity index (χ4v) is 3.10. The van der Waals surface area contributed by atoms with Crippen molar-refractivity contribution in [3.63, 3.8) is 0 Å². The van der Waals surface area contributed by atoms with Crippen LogP contribution in [0.4, 0.5) is 0 Å². The molecule has 0 spiro atoms. The van der Waals surface area contributed by atoms with E-state index in [0.717, 1.165) is 30.3 Å². The first-order valence-electron chi connectivity index (χ1n) is 7.37. The first-order valence-corrected chi connectivity index (χ1v) is 7.37. The molecule has 0 fully saturated rings. The third kappa shape index (κ3) is 2.50. The van der Waals surface area contributed by atoms with Gasteiger partial charge in [0.25, 0.3) is 0 Å². The highest BCUT2D eigenvalue weighted by Gasteiger charge is 2.27. The van der Waals surface area contributed by atoms with Gasteiger partial charge in [-0.1, -0.05) is 18.2 Å². The lowest BCUT2D eigenvalue weighted by Crippen LogP contribution is -2.29. The largest absolute Gasteiger partial charge is 0.497 e. The summed E-state index contributed by atoms with van der Waals surface area (Å²) in [7, 11) is 5.05. The zero-order valence-electron chi connectivity index (χ0n) is 13.2. The van der Waals surface area contributed by atoms with Crippen LogP contribution in [0.1, 0.15) is 22.6 Å². The molecule has 3 rings (SSSR count). The number of rotatable bonds is 4. The molecular weight excluding hydrogens is 278 g/mol. The Hall–Kier alpha value is -2.20. The predicted octanol–water partition coefficient (Wildman–Crippen LogP) is 2.95. The average Bonchev–Trinajstić information content (AvgIpc) is 2.60. The van der Waals surface area contributed by atoms with Crippen molar-refractivity contribution < 1.29 is 14.2 Å². The molecule has 0 amide bonds. The quantitative estimate of drug-likeness (QED) is 0.942. The molecule has 0 saturated heterocycles. The van der Waals surface area contributed by atoms with E-state index in [4.69, 9.17) is 14.2 Å². The number of methoxy groups -OCH3 is 3. The fraction of sp³-hybridized carbons (Fsp3) is 0.333. The molecular formula is C18H21NO3. The molecule has 0 bridgehead atoms. The normalized spacial score (nSPS) is 16.8. The summed E-state index contributed by atoms with van der Waals surface area (Å²) in [6.07, 6.45) is 0. The Balaban J connectivity index is 2.09. The molecule has 0 radical (unpaired) electrons. The zero-order chi connectivity index (χ0) is 15.5. The standard InChI is InChI=1S/C18H21NO3/c1-20-14-7-4-12(5-8-14)15-11-19-10-13-6-9-16(21-2)18(22-3)17(13)15/h4-9,15,19H,10-11H2,1-3H3. The lowest BCUT2D eigenvalue weighted by Gasteiger charge is -2.29. The summed E-state index contributed by atoms with van der Waals surface area (Å²) in [6, 6.07) is 12.3. The highest BCUT2D eigenvalue weighted by atomic mass is 16.5. The molecule has 0 saturated carbocycles. The molecule has 2 aromatic carbocycles. The van der Waals surface area contributed by atoms with Crippen molar-refractivity contribution in [1.82, 2.24) is 5.32 Å². The Morgan fingerprint density at radius 1 is 0.909 bits per heavy atom. The van der Waals surface area contributed by atoms with E-state index < -0.39 is 0 Å². The summed E-state index contributed by atoms with van der Waals surface area (Å²) in [4.78, 5) is 0. The van der Waals surface area contributed by atoms with Crippen molar-refractivity contribution in [1.29, 1.82) is 0 Å². The van der Waals surface area contributed by atoms with Crippen LogP contribution in [0.5, 0.6) is 17.2 Å². The van der Waals surface area contributed by atoms with E-state index in [-0.39, 0.29) is 5.92 Å². The van der Waals surface area contributed by atoms with Crippen LogP contribution in [-0.2, 0) is 6.54 Å².